The van der Waals surface area contributed by atoms with Crippen molar-refractivity contribution in [3.8, 4) is 0 Å². The van der Waals surface area contributed by atoms with Crippen molar-refractivity contribution in [3.05, 3.63) is 68.6 Å². The number of hydrogen-bond donors (Lipinski definition) is 1. The summed E-state index contributed by atoms with van der Waals surface area (Å²) in [6.45, 7) is 1.76. The van der Waals surface area contributed by atoms with Gasteiger partial charge in [0.2, 0.25) is 0 Å². The summed E-state index contributed by atoms with van der Waals surface area (Å²) in [5.74, 6) is 0. The zero-order valence-corrected chi connectivity index (χ0v) is 12.5. The predicted molar refractivity (Wildman–Crippen MR) is 78.8 cm³/mol. The van der Waals surface area contributed by atoms with Crippen molar-refractivity contribution in [1.82, 2.24) is 5.32 Å². The van der Waals surface area contributed by atoms with E-state index in [9.17, 15) is 0 Å². The molecule has 0 aliphatic heterocycles. The Morgan fingerprint density at radius 1 is 0.824 bits per heavy atom. The van der Waals surface area contributed by atoms with Crippen LogP contribution in [0.25, 0.3) is 0 Å². The van der Waals surface area contributed by atoms with E-state index in [0.29, 0.717) is 0 Å². The molecule has 1 nitrogen and oxygen atoms in total. The predicted octanol–water partition coefficient (Wildman–Crippen LogP) is 4.50. The minimum Gasteiger partial charge on any atom is -0.309 e. The van der Waals surface area contributed by atoms with E-state index in [0.717, 1.165) is 22.0 Å². The zero-order chi connectivity index (χ0) is 12.1. The fourth-order valence-corrected chi connectivity index (χ4v) is 2.27. The van der Waals surface area contributed by atoms with Crippen LogP contribution in [0.1, 0.15) is 11.1 Å². The highest BCUT2D eigenvalue weighted by Gasteiger charge is 1.98. The molecule has 2 aromatic carbocycles. The fourth-order valence-electron chi connectivity index (χ4n) is 1.59. The van der Waals surface area contributed by atoms with Gasteiger partial charge in [-0.1, -0.05) is 62.2 Å². The van der Waals surface area contributed by atoms with Crippen molar-refractivity contribution in [2.75, 3.05) is 0 Å². The van der Waals surface area contributed by atoms with Crippen molar-refractivity contribution in [2.45, 2.75) is 13.1 Å². The van der Waals surface area contributed by atoms with Crippen LogP contribution in [0, 0.1) is 0 Å². The second kappa shape index (κ2) is 6.34. The van der Waals surface area contributed by atoms with E-state index in [-0.39, 0.29) is 0 Å². The van der Waals surface area contributed by atoms with Crippen molar-refractivity contribution in [3.63, 3.8) is 0 Å². The van der Waals surface area contributed by atoms with Gasteiger partial charge in [-0.2, -0.15) is 0 Å². The Labute approximate surface area is 119 Å². The molecule has 0 fully saturated rings. The highest BCUT2D eigenvalue weighted by Crippen LogP contribution is 2.15. The average Bonchev–Trinajstić information content (AvgIpc) is 2.34. The first-order valence-corrected chi connectivity index (χ1v) is 7.03. The number of benzene rings is 2. The molecule has 0 amide bonds. The van der Waals surface area contributed by atoms with Gasteiger partial charge in [0.25, 0.3) is 0 Å². The normalized spacial score (nSPS) is 10.5. The van der Waals surface area contributed by atoms with Gasteiger partial charge in [-0.3, -0.25) is 0 Å². The Balaban J connectivity index is 1.88. The Bertz CT molecular complexity index is 480. The maximum Gasteiger partial charge on any atom is 0.0220 e. The third-order valence-corrected chi connectivity index (χ3v) is 3.82. The molecule has 0 aliphatic rings. The van der Waals surface area contributed by atoms with Gasteiger partial charge in [-0.25, -0.2) is 0 Å². The molecule has 0 aliphatic carbocycles. The molecule has 0 bridgehead atoms. The van der Waals surface area contributed by atoms with E-state index >= 15 is 0 Å². The lowest BCUT2D eigenvalue weighted by Gasteiger charge is -2.07. The Kier molecular flexibility index (Phi) is 4.77. The van der Waals surface area contributed by atoms with Crippen LogP contribution in [0.3, 0.4) is 0 Å². The van der Waals surface area contributed by atoms with Crippen LogP contribution in [-0.4, -0.2) is 0 Å². The molecule has 3 heteroatoms. The van der Waals surface area contributed by atoms with Gasteiger partial charge >= 0.3 is 0 Å². The fraction of sp³-hybridized carbons (Fsp3) is 0.143. The van der Waals surface area contributed by atoms with E-state index in [1.54, 1.807) is 0 Å². The summed E-state index contributed by atoms with van der Waals surface area (Å²) in [7, 11) is 0. The van der Waals surface area contributed by atoms with E-state index in [2.05, 4.69) is 79.6 Å². The summed E-state index contributed by atoms with van der Waals surface area (Å²) in [6, 6.07) is 16.7. The van der Waals surface area contributed by atoms with Gasteiger partial charge in [0.15, 0.2) is 0 Å². The molecule has 0 radical (unpaired) electrons. The summed E-state index contributed by atoms with van der Waals surface area (Å²) in [5, 5.41) is 3.43. The second-order valence-electron chi connectivity index (χ2n) is 3.82. The minimum atomic E-state index is 0.873. The molecular formula is C14H13Br2N. The van der Waals surface area contributed by atoms with Crippen LogP contribution in [0.5, 0.6) is 0 Å². The Hall–Kier alpha value is -0.640. The molecule has 1 N–H and O–H groups in total. The van der Waals surface area contributed by atoms with Crippen molar-refractivity contribution < 1.29 is 0 Å². The number of hydrogen-bond acceptors (Lipinski definition) is 1. The van der Waals surface area contributed by atoms with Crippen LogP contribution in [0.4, 0.5) is 0 Å². The summed E-state index contributed by atoms with van der Waals surface area (Å²) in [5.41, 5.74) is 2.57. The van der Waals surface area contributed by atoms with Gasteiger partial charge in [0.05, 0.1) is 0 Å². The smallest absolute Gasteiger partial charge is 0.0220 e. The third kappa shape index (κ3) is 3.95. The summed E-state index contributed by atoms with van der Waals surface area (Å²) in [6.07, 6.45) is 0. The van der Waals surface area contributed by atoms with E-state index in [4.69, 9.17) is 0 Å². The SMILES string of the molecule is Brc1ccc(CNCc2ccccc2Br)cc1. The van der Waals surface area contributed by atoms with Crippen molar-refractivity contribution in [1.29, 1.82) is 0 Å². The lowest BCUT2D eigenvalue weighted by atomic mass is 10.2. The van der Waals surface area contributed by atoms with Crippen molar-refractivity contribution in [2.24, 2.45) is 0 Å². The quantitative estimate of drug-likeness (QED) is 0.852. The summed E-state index contributed by atoms with van der Waals surface area (Å²) < 4.78 is 2.27. The van der Waals surface area contributed by atoms with Crippen LogP contribution in [0.2, 0.25) is 0 Å². The molecule has 2 rings (SSSR count). The zero-order valence-electron chi connectivity index (χ0n) is 9.29. The van der Waals surface area contributed by atoms with E-state index in [1.807, 2.05) is 6.07 Å². The van der Waals surface area contributed by atoms with Crippen LogP contribution in [0.15, 0.2) is 57.5 Å². The molecule has 0 spiro atoms. The van der Waals surface area contributed by atoms with Crippen LogP contribution >= 0.6 is 31.9 Å². The Morgan fingerprint density at radius 2 is 1.53 bits per heavy atom. The first kappa shape index (κ1) is 12.8. The number of rotatable bonds is 4. The molecule has 0 saturated heterocycles. The van der Waals surface area contributed by atoms with Gasteiger partial charge in [-0.05, 0) is 29.3 Å². The molecular weight excluding hydrogens is 342 g/mol. The van der Waals surface area contributed by atoms with Gasteiger partial charge in [0.1, 0.15) is 0 Å². The minimum absolute atomic E-state index is 0.873. The highest BCUT2D eigenvalue weighted by atomic mass is 79.9. The number of halogens is 2. The molecule has 0 unspecified atom stereocenters. The molecule has 17 heavy (non-hydrogen) atoms. The monoisotopic (exact) mass is 353 g/mol. The molecule has 0 aromatic heterocycles. The lowest BCUT2D eigenvalue weighted by Crippen LogP contribution is -2.12. The molecule has 88 valence electrons. The largest absolute Gasteiger partial charge is 0.309 e. The molecule has 2 aromatic rings. The topological polar surface area (TPSA) is 12.0 Å². The standard InChI is InChI=1S/C14H13Br2N/c15-13-7-5-11(6-8-13)9-17-10-12-3-1-2-4-14(12)16/h1-8,17H,9-10H2. The van der Waals surface area contributed by atoms with E-state index < -0.39 is 0 Å². The van der Waals surface area contributed by atoms with E-state index in [1.165, 1.54) is 11.1 Å². The van der Waals surface area contributed by atoms with Crippen LogP contribution < -0.4 is 5.32 Å². The van der Waals surface area contributed by atoms with Gasteiger partial charge in [0, 0.05) is 22.0 Å². The Morgan fingerprint density at radius 3 is 2.24 bits per heavy atom. The van der Waals surface area contributed by atoms with Crippen molar-refractivity contribution >= 4 is 31.9 Å². The first-order valence-electron chi connectivity index (χ1n) is 5.44. The molecule has 0 saturated carbocycles. The second-order valence-corrected chi connectivity index (χ2v) is 5.59. The van der Waals surface area contributed by atoms with Gasteiger partial charge < -0.3 is 5.32 Å². The third-order valence-electron chi connectivity index (χ3n) is 2.52. The maximum absolute atomic E-state index is 3.55. The molecule has 0 atom stereocenters. The lowest BCUT2D eigenvalue weighted by molar-refractivity contribution is 0.691. The highest BCUT2D eigenvalue weighted by molar-refractivity contribution is 9.10. The summed E-state index contributed by atoms with van der Waals surface area (Å²) in [4.78, 5) is 0. The summed E-state index contributed by atoms with van der Waals surface area (Å²) >= 11 is 6.98. The van der Waals surface area contributed by atoms with Gasteiger partial charge in [-0.15, -0.1) is 0 Å². The first-order chi connectivity index (χ1) is 8.25. The van der Waals surface area contributed by atoms with Crippen LogP contribution in [-0.2, 0) is 13.1 Å². The maximum atomic E-state index is 3.55. The number of nitrogens with one attached hydrogen (secondary N) is 1. The average molecular weight is 355 g/mol. The molecule has 0 heterocycles.